The molecular formula is C14H19BF2O2. The predicted molar refractivity (Wildman–Crippen MR) is 71.4 cm³/mol. The minimum absolute atomic E-state index is 0.102. The normalized spacial score (nSPS) is 16.9. The first-order valence-corrected chi connectivity index (χ1v) is 6.86. The summed E-state index contributed by atoms with van der Waals surface area (Å²) in [7, 11) is -0.918. The second-order valence-electron chi connectivity index (χ2n) is 5.00. The molecule has 0 unspecified atom stereocenters. The van der Waals surface area contributed by atoms with Gasteiger partial charge in [0, 0.05) is 19.1 Å². The minimum Gasteiger partial charge on any atom is -0.407 e. The first-order valence-electron chi connectivity index (χ1n) is 6.86. The summed E-state index contributed by atoms with van der Waals surface area (Å²) in [5, 5.41) is 0. The third kappa shape index (κ3) is 3.34. The largest absolute Gasteiger partial charge is 0.499 e. The Morgan fingerprint density at radius 2 is 1.74 bits per heavy atom. The molecule has 1 fully saturated rings. The van der Waals surface area contributed by atoms with E-state index in [9.17, 15) is 8.78 Å². The zero-order valence-electron chi connectivity index (χ0n) is 11.4. The molecule has 5 heteroatoms. The Hall–Kier alpha value is -0.935. The van der Waals surface area contributed by atoms with Crippen LogP contribution in [0.2, 0.25) is 0 Å². The Labute approximate surface area is 113 Å². The highest BCUT2D eigenvalue weighted by Crippen LogP contribution is 2.15. The topological polar surface area (TPSA) is 18.5 Å². The van der Waals surface area contributed by atoms with E-state index in [0.717, 1.165) is 12.8 Å². The van der Waals surface area contributed by atoms with Gasteiger partial charge in [-0.05, 0) is 30.5 Å². The molecule has 0 saturated carbocycles. The van der Waals surface area contributed by atoms with Crippen LogP contribution >= 0.6 is 0 Å². The van der Waals surface area contributed by atoms with Crippen LogP contribution in [0, 0.1) is 17.6 Å². The lowest BCUT2D eigenvalue weighted by Gasteiger charge is -2.27. The summed E-state index contributed by atoms with van der Waals surface area (Å²) >= 11 is 0. The summed E-state index contributed by atoms with van der Waals surface area (Å²) in [5.41, 5.74) is 0.568. The van der Waals surface area contributed by atoms with Crippen LogP contribution in [-0.4, -0.2) is 20.3 Å². The molecular weight excluding hydrogens is 249 g/mol. The lowest BCUT2D eigenvalue weighted by molar-refractivity contribution is 0.0842. The molecule has 0 atom stereocenters. The second kappa shape index (κ2) is 6.48. The van der Waals surface area contributed by atoms with Crippen LogP contribution in [-0.2, 0) is 15.7 Å². The van der Waals surface area contributed by atoms with E-state index >= 15 is 0 Å². The highest BCUT2D eigenvalue weighted by Gasteiger charge is 2.33. The Bertz CT molecular complexity index is 408. The van der Waals surface area contributed by atoms with E-state index in [1.165, 1.54) is 12.1 Å². The van der Waals surface area contributed by atoms with Crippen molar-refractivity contribution in [2.45, 2.75) is 33.1 Å². The second-order valence-corrected chi connectivity index (χ2v) is 5.00. The van der Waals surface area contributed by atoms with Crippen LogP contribution in [0.15, 0.2) is 12.1 Å². The molecule has 2 nitrogen and oxygen atoms in total. The molecule has 19 heavy (non-hydrogen) atoms. The zero-order chi connectivity index (χ0) is 13.8. The molecule has 0 N–H and O–H groups in total. The van der Waals surface area contributed by atoms with Crippen LogP contribution in [0.5, 0.6) is 0 Å². The lowest BCUT2D eigenvalue weighted by Crippen LogP contribution is -2.47. The van der Waals surface area contributed by atoms with E-state index in [0.29, 0.717) is 31.1 Å². The number of benzene rings is 1. The average molecular weight is 268 g/mol. The van der Waals surface area contributed by atoms with Gasteiger partial charge in [0.15, 0.2) is 0 Å². The Morgan fingerprint density at radius 1 is 1.16 bits per heavy atom. The van der Waals surface area contributed by atoms with Gasteiger partial charge in [-0.1, -0.05) is 20.3 Å². The predicted octanol–water partition coefficient (Wildman–Crippen LogP) is 2.69. The van der Waals surface area contributed by atoms with Crippen LogP contribution < -0.4 is 5.46 Å². The SMILES string of the molecule is CCCc1cc(F)c(B2OCC(CC)CO2)c(F)c1. The summed E-state index contributed by atoms with van der Waals surface area (Å²) < 4.78 is 38.8. The van der Waals surface area contributed by atoms with Gasteiger partial charge in [0.1, 0.15) is 11.6 Å². The van der Waals surface area contributed by atoms with E-state index in [1.54, 1.807) is 0 Å². The first kappa shape index (κ1) is 14.5. The fourth-order valence-electron chi connectivity index (χ4n) is 2.24. The van der Waals surface area contributed by atoms with Crippen molar-refractivity contribution in [2.75, 3.05) is 13.2 Å². The molecule has 0 spiro atoms. The molecule has 1 aliphatic rings. The molecule has 1 aromatic carbocycles. The molecule has 0 amide bonds. The smallest absolute Gasteiger partial charge is 0.407 e. The number of hydrogen-bond donors (Lipinski definition) is 0. The quantitative estimate of drug-likeness (QED) is 0.782. The number of halogens is 2. The third-order valence-electron chi connectivity index (χ3n) is 3.46. The van der Waals surface area contributed by atoms with Crippen molar-refractivity contribution in [3.8, 4) is 0 Å². The summed E-state index contributed by atoms with van der Waals surface area (Å²) in [5.74, 6) is -0.853. The average Bonchev–Trinajstić information content (AvgIpc) is 2.39. The Morgan fingerprint density at radius 3 is 2.21 bits per heavy atom. The molecule has 1 aromatic rings. The molecule has 0 aliphatic carbocycles. The monoisotopic (exact) mass is 268 g/mol. The van der Waals surface area contributed by atoms with Crippen LogP contribution in [0.4, 0.5) is 8.78 Å². The van der Waals surface area contributed by atoms with E-state index in [4.69, 9.17) is 9.31 Å². The highest BCUT2D eigenvalue weighted by atomic mass is 19.1. The van der Waals surface area contributed by atoms with E-state index in [2.05, 4.69) is 0 Å². The molecule has 104 valence electrons. The summed E-state index contributed by atoms with van der Waals surface area (Å²) in [4.78, 5) is 0. The van der Waals surface area contributed by atoms with Crippen molar-refractivity contribution in [1.82, 2.24) is 0 Å². The molecule has 1 saturated heterocycles. The maximum atomic E-state index is 14.0. The van der Waals surface area contributed by atoms with Gasteiger partial charge in [-0.15, -0.1) is 0 Å². The lowest BCUT2D eigenvalue weighted by atomic mass is 9.76. The fraction of sp³-hybridized carbons (Fsp3) is 0.571. The maximum Gasteiger partial charge on any atom is 0.499 e. The summed E-state index contributed by atoms with van der Waals surface area (Å²) in [6.45, 7) is 4.98. The van der Waals surface area contributed by atoms with Crippen molar-refractivity contribution < 1.29 is 18.1 Å². The molecule has 1 aliphatic heterocycles. The van der Waals surface area contributed by atoms with E-state index in [-0.39, 0.29) is 5.46 Å². The third-order valence-corrected chi connectivity index (χ3v) is 3.46. The molecule has 2 rings (SSSR count). The van der Waals surface area contributed by atoms with Crippen LogP contribution in [0.1, 0.15) is 32.3 Å². The summed E-state index contributed by atoms with van der Waals surface area (Å²) in [6.07, 6.45) is 2.46. The molecule has 1 heterocycles. The van der Waals surface area contributed by atoms with E-state index < -0.39 is 18.8 Å². The van der Waals surface area contributed by atoms with E-state index in [1.807, 2.05) is 13.8 Å². The molecule has 0 bridgehead atoms. The van der Waals surface area contributed by atoms with Gasteiger partial charge in [-0.2, -0.15) is 0 Å². The van der Waals surface area contributed by atoms with Gasteiger partial charge in [-0.3, -0.25) is 0 Å². The Balaban J connectivity index is 2.16. The van der Waals surface area contributed by atoms with Crippen molar-refractivity contribution in [1.29, 1.82) is 0 Å². The van der Waals surface area contributed by atoms with Gasteiger partial charge < -0.3 is 9.31 Å². The maximum absolute atomic E-state index is 14.0. The molecule has 0 aromatic heterocycles. The van der Waals surface area contributed by atoms with Gasteiger partial charge in [0.05, 0.1) is 5.46 Å². The van der Waals surface area contributed by atoms with Gasteiger partial charge in [0.2, 0.25) is 0 Å². The number of aryl methyl sites for hydroxylation is 1. The van der Waals surface area contributed by atoms with Crippen LogP contribution in [0.25, 0.3) is 0 Å². The van der Waals surface area contributed by atoms with Gasteiger partial charge >= 0.3 is 7.12 Å². The summed E-state index contributed by atoms with van der Waals surface area (Å²) in [6, 6.07) is 2.75. The number of hydrogen-bond acceptors (Lipinski definition) is 2. The standard InChI is InChI=1S/C14H19BF2O2/c1-3-5-11-6-12(16)14(13(17)7-11)15-18-8-10(4-2)9-19-15/h6-7,10H,3-5,8-9H2,1-2H3. The number of rotatable bonds is 4. The first-order chi connectivity index (χ1) is 9.15. The van der Waals surface area contributed by atoms with Gasteiger partial charge in [-0.25, -0.2) is 8.78 Å². The minimum atomic E-state index is -0.918. The zero-order valence-corrected chi connectivity index (χ0v) is 11.4. The Kier molecular flexibility index (Phi) is 4.94. The van der Waals surface area contributed by atoms with Crippen molar-refractivity contribution in [3.05, 3.63) is 29.3 Å². The fourth-order valence-corrected chi connectivity index (χ4v) is 2.24. The highest BCUT2D eigenvalue weighted by molar-refractivity contribution is 6.61. The van der Waals surface area contributed by atoms with Crippen molar-refractivity contribution in [2.24, 2.45) is 5.92 Å². The van der Waals surface area contributed by atoms with Crippen LogP contribution in [0.3, 0.4) is 0 Å². The molecule has 0 radical (unpaired) electrons. The van der Waals surface area contributed by atoms with Crippen molar-refractivity contribution in [3.63, 3.8) is 0 Å². The van der Waals surface area contributed by atoms with Crippen molar-refractivity contribution >= 4 is 12.6 Å². The van der Waals surface area contributed by atoms with Gasteiger partial charge in [0.25, 0.3) is 0 Å².